The molecule has 78 valence electrons. The molecule has 0 bridgehead atoms. The summed E-state index contributed by atoms with van der Waals surface area (Å²) in [6.45, 7) is 2.06. The molecule has 0 aliphatic rings. The number of unbranched alkanes of at least 4 members (excludes halogenated alkanes) is 1. The maximum atomic E-state index is 11.2. The zero-order valence-corrected chi connectivity index (χ0v) is 9.61. The van der Waals surface area contributed by atoms with Crippen LogP contribution in [0.15, 0.2) is 17.5 Å². The third-order valence-electron chi connectivity index (χ3n) is 2.24. The predicted molar refractivity (Wildman–Crippen MR) is 61.8 cm³/mol. The molecule has 1 aromatic rings. The van der Waals surface area contributed by atoms with Crippen molar-refractivity contribution < 1.29 is 4.79 Å². The largest absolute Gasteiger partial charge is 0.300 e. The molecular formula is C12H18OS. The Morgan fingerprint density at radius 2 is 2.21 bits per heavy atom. The second kappa shape index (κ2) is 6.77. The van der Waals surface area contributed by atoms with Gasteiger partial charge in [0.15, 0.2) is 0 Å². The van der Waals surface area contributed by atoms with Gasteiger partial charge in [-0.1, -0.05) is 13.0 Å². The first-order valence-electron chi connectivity index (χ1n) is 5.37. The molecule has 0 atom stereocenters. The predicted octanol–water partition coefficient (Wildman–Crippen LogP) is 3.83. The van der Waals surface area contributed by atoms with Crippen LogP contribution in [0.1, 0.15) is 43.9 Å². The van der Waals surface area contributed by atoms with Gasteiger partial charge in [0.05, 0.1) is 0 Å². The standard InChI is InChI=1S/C12H18OS/c1-2-6-11(13)7-3-4-8-12-9-5-10-14-12/h5,9-10H,2-4,6-8H2,1H3. The van der Waals surface area contributed by atoms with Gasteiger partial charge < -0.3 is 0 Å². The first kappa shape index (κ1) is 11.4. The van der Waals surface area contributed by atoms with Crippen LogP contribution in [0.25, 0.3) is 0 Å². The number of Topliss-reactive ketones (excluding diaryl/α,β-unsaturated/α-hetero) is 1. The third kappa shape index (κ3) is 4.56. The van der Waals surface area contributed by atoms with E-state index in [9.17, 15) is 4.79 Å². The molecule has 14 heavy (non-hydrogen) atoms. The summed E-state index contributed by atoms with van der Waals surface area (Å²) in [5.74, 6) is 0.429. The van der Waals surface area contributed by atoms with Crippen molar-refractivity contribution in [1.29, 1.82) is 0 Å². The molecule has 1 heterocycles. The van der Waals surface area contributed by atoms with Gasteiger partial charge in [-0.15, -0.1) is 11.3 Å². The molecule has 0 fully saturated rings. The van der Waals surface area contributed by atoms with Crippen molar-refractivity contribution in [2.24, 2.45) is 0 Å². The van der Waals surface area contributed by atoms with E-state index >= 15 is 0 Å². The van der Waals surface area contributed by atoms with Crippen LogP contribution in [-0.2, 0) is 11.2 Å². The quantitative estimate of drug-likeness (QED) is 0.625. The summed E-state index contributed by atoms with van der Waals surface area (Å²) in [4.78, 5) is 12.6. The van der Waals surface area contributed by atoms with Crippen LogP contribution in [0, 0.1) is 0 Å². The van der Waals surface area contributed by atoms with Crippen LogP contribution in [0.3, 0.4) is 0 Å². The molecule has 0 saturated heterocycles. The van der Waals surface area contributed by atoms with Crippen molar-refractivity contribution in [3.63, 3.8) is 0 Å². The van der Waals surface area contributed by atoms with Crippen molar-refractivity contribution in [2.45, 2.75) is 45.4 Å². The van der Waals surface area contributed by atoms with Gasteiger partial charge >= 0.3 is 0 Å². The highest BCUT2D eigenvalue weighted by atomic mass is 32.1. The fourth-order valence-electron chi connectivity index (χ4n) is 1.48. The average molecular weight is 210 g/mol. The molecule has 0 N–H and O–H groups in total. The summed E-state index contributed by atoms with van der Waals surface area (Å²) in [6, 6.07) is 4.25. The highest BCUT2D eigenvalue weighted by Gasteiger charge is 2.00. The lowest BCUT2D eigenvalue weighted by Gasteiger charge is -1.98. The zero-order chi connectivity index (χ0) is 10.2. The van der Waals surface area contributed by atoms with E-state index in [0.29, 0.717) is 5.78 Å². The van der Waals surface area contributed by atoms with E-state index in [1.165, 1.54) is 4.88 Å². The SMILES string of the molecule is CCCC(=O)CCCCc1cccs1. The summed E-state index contributed by atoms with van der Waals surface area (Å²) in [5, 5.41) is 2.11. The summed E-state index contributed by atoms with van der Waals surface area (Å²) >= 11 is 1.81. The molecular weight excluding hydrogens is 192 g/mol. The number of hydrogen-bond donors (Lipinski definition) is 0. The number of thiophene rings is 1. The van der Waals surface area contributed by atoms with Crippen LogP contribution in [0.5, 0.6) is 0 Å². The van der Waals surface area contributed by atoms with Crippen LogP contribution in [-0.4, -0.2) is 5.78 Å². The molecule has 0 amide bonds. The van der Waals surface area contributed by atoms with Crippen LogP contribution in [0.4, 0.5) is 0 Å². The highest BCUT2D eigenvalue weighted by Crippen LogP contribution is 2.13. The molecule has 0 unspecified atom stereocenters. The summed E-state index contributed by atoms with van der Waals surface area (Å²) in [7, 11) is 0. The third-order valence-corrected chi connectivity index (χ3v) is 3.17. The van der Waals surface area contributed by atoms with Gasteiger partial charge in [0.1, 0.15) is 5.78 Å². The van der Waals surface area contributed by atoms with Gasteiger partial charge in [0, 0.05) is 17.7 Å². The maximum absolute atomic E-state index is 11.2. The topological polar surface area (TPSA) is 17.1 Å². The fourth-order valence-corrected chi connectivity index (χ4v) is 2.23. The lowest BCUT2D eigenvalue weighted by Crippen LogP contribution is -1.96. The summed E-state index contributed by atoms with van der Waals surface area (Å²) in [5.41, 5.74) is 0. The molecule has 0 spiro atoms. The lowest BCUT2D eigenvalue weighted by atomic mass is 10.1. The maximum Gasteiger partial charge on any atom is 0.132 e. The minimum atomic E-state index is 0.429. The lowest BCUT2D eigenvalue weighted by molar-refractivity contribution is -0.119. The fraction of sp³-hybridized carbons (Fsp3) is 0.583. The molecule has 1 aromatic heterocycles. The van der Waals surface area contributed by atoms with E-state index in [1.807, 2.05) is 11.3 Å². The number of carbonyl (C=O) groups excluding carboxylic acids is 1. The monoisotopic (exact) mass is 210 g/mol. The van der Waals surface area contributed by atoms with Crippen molar-refractivity contribution in [3.05, 3.63) is 22.4 Å². The summed E-state index contributed by atoms with van der Waals surface area (Å²) < 4.78 is 0. The van der Waals surface area contributed by atoms with Gasteiger partial charge in [-0.3, -0.25) is 4.79 Å². The second-order valence-corrected chi connectivity index (χ2v) is 4.61. The Morgan fingerprint density at radius 1 is 1.36 bits per heavy atom. The van der Waals surface area contributed by atoms with Gasteiger partial charge in [-0.05, 0) is 37.1 Å². The first-order valence-corrected chi connectivity index (χ1v) is 6.25. The van der Waals surface area contributed by atoms with E-state index in [2.05, 4.69) is 24.4 Å². The van der Waals surface area contributed by atoms with Crippen molar-refractivity contribution in [2.75, 3.05) is 0 Å². The molecule has 1 rings (SSSR count). The van der Waals surface area contributed by atoms with E-state index < -0.39 is 0 Å². The molecule has 0 aliphatic heterocycles. The number of carbonyl (C=O) groups is 1. The van der Waals surface area contributed by atoms with E-state index in [-0.39, 0.29) is 0 Å². The van der Waals surface area contributed by atoms with E-state index in [1.54, 1.807) is 0 Å². The first-order chi connectivity index (χ1) is 6.83. The Kier molecular flexibility index (Phi) is 5.53. The zero-order valence-electron chi connectivity index (χ0n) is 8.79. The molecule has 2 heteroatoms. The number of hydrogen-bond acceptors (Lipinski definition) is 2. The Hall–Kier alpha value is -0.630. The van der Waals surface area contributed by atoms with Crippen molar-refractivity contribution in [1.82, 2.24) is 0 Å². The van der Waals surface area contributed by atoms with Gasteiger partial charge in [-0.25, -0.2) is 0 Å². The average Bonchev–Trinajstić information content (AvgIpc) is 2.65. The molecule has 0 saturated carbocycles. The molecule has 0 aliphatic carbocycles. The minimum absolute atomic E-state index is 0.429. The summed E-state index contributed by atoms with van der Waals surface area (Å²) in [6.07, 6.45) is 5.87. The van der Waals surface area contributed by atoms with Crippen molar-refractivity contribution in [3.8, 4) is 0 Å². The van der Waals surface area contributed by atoms with Gasteiger partial charge in [-0.2, -0.15) is 0 Å². The smallest absolute Gasteiger partial charge is 0.132 e. The van der Waals surface area contributed by atoms with Crippen LogP contribution < -0.4 is 0 Å². The van der Waals surface area contributed by atoms with Crippen LogP contribution in [0.2, 0.25) is 0 Å². The number of ketones is 1. The van der Waals surface area contributed by atoms with Gasteiger partial charge in [0.2, 0.25) is 0 Å². The molecule has 0 aromatic carbocycles. The second-order valence-electron chi connectivity index (χ2n) is 3.58. The van der Waals surface area contributed by atoms with Crippen LogP contribution >= 0.6 is 11.3 Å². The Labute approximate surface area is 90.2 Å². The Morgan fingerprint density at radius 3 is 2.86 bits per heavy atom. The minimum Gasteiger partial charge on any atom is -0.300 e. The highest BCUT2D eigenvalue weighted by molar-refractivity contribution is 7.09. The Bertz CT molecular complexity index is 251. The number of rotatable bonds is 7. The van der Waals surface area contributed by atoms with E-state index in [0.717, 1.165) is 38.5 Å². The Balaban J connectivity index is 2.02. The molecule has 0 radical (unpaired) electrons. The van der Waals surface area contributed by atoms with Crippen molar-refractivity contribution >= 4 is 17.1 Å². The van der Waals surface area contributed by atoms with E-state index in [4.69, 9.17) is 0 Å². The number of aryl methyl sites for hydroxylation is 1. The molecule has 1 nitrogen and oxygen atoms in total. The normalized spacial score (nSPS) is 10.4. The van der Waals surface area contributed by atoms with Gasteiger partial charge in [0.25, 0.3) is 0 Å².